The number of methoxy groups -OCH3 is 1. The third kappa shape index (κ3) is 2.15. The van der Waals surface area contributed by atoms with Gasteiger partial charge in [-0.15, -0.1) is 0 Å². The van der Waals surface area contributed by atoms with Gasteiger partial charge in [-0.05, 0) is 24.1 Å². The fourth-order valence-corrected chi connectivity index (χ4v) is 2.76. The van der Waals surface area contributed by atoms with Gasteiger partial charge in [0.2, 0.25) is 0 Å². The van der Waals surface area contributed by atoms with E-state index in [2.05, 4.69) is 19.1 Å². The molecule has 2 rings (SSSR count). The highest BCUT2D eigenvalue weighted by Gasteiger charge is 2.45. The van der Waals surface area contributed by atoms with Crippen molar-refractivity contribution in [1.29, 1.82) is 0 Å². The van der Waals surface area contributed by atoms with E-state index in [0.717, 1.165) is 18.6 Å². The van der Waals surface area contributed by atoms with Crippen molar-refractivity contribution in [2.75, 3.05) is 20.2 Å². The molecule has 0 spiro atoms. The van der Waals surface area contributed by atoms with E-state index in [0.29, 0.717) is 13.1 Å². The van der Waals surface area contributed by atoms with Crippen molar-refractivity contribution in [3.05, 3.63) is 29.8 Å². The summed E-state index contributed by atoms with van der Waals surface area (Å²) in [5.74, 6) is 0.862. The van der Waals surface area contributed by atoms with Gasteiger partial charge in [0.05, 0.1) is 7.11 Å². The number of hydrogen-bond donors (Lipinski definition) is 1. The van der Waals surface area contributed by atoms with E-state index in [1.54, 1.807) is 12.0 Å². The molecule has 98 valence electrons. The number of hydrogen-bond acceptors (Lipinski definition) is 2. The quantitative estimate of drug-likeness (QED) is 0.887. The van der Waals surface area contributed by atoms with Crippen LogP contribution in [0.4, 0.5) is 4.79 Å². The molecule has 1 heterocycles. The fourth-order valence-electron chi connectivity index (χ4n) is 2.76. The van der Waals surface area contributed by atoms with Gasteiger partial charge in [-0.3, -0.25) is 0 Å². The maximum atomic E-state index is 11.2. The molecule has 1 saturated heterocycles. The first-order valence-corrected chi connectivity index (χ1v) is 6.30. The maximum absolute atomic E-state index is 11.2. The zero-order valence-electron chi connectivity index (χ0n) is 11.0. The Morgan fingerprint density at radius 2 is 2.22 bits per heavy atom. The summed E-state index contributed by atoms with van der Waals surface area (Å²) in [4.78, 5) is 12.8. The van der Waals surface area contributed by atoms with Crippen molar-refractivity contribution in [3.8, 4) is 5.75 Å². The lowest BCUT2D eigenvalue weighted by Crippen LogP contribution is -2.62. The standard InChI is InChI=1S/C14H20N2O2/c1-3-7-14(9-16(10-14)13(15)17)11-5-4-6-12(8-11)18-2/h4-6,8H,3,7,9-10H2,1-2H3,(H2,15,17). The summed E-state index contributed by atoms with van der Waals surface area (Å²) in [6.45, 7) is 3.58. The zero-order chi connectivity index (χ0) is 13.2. The predicted molar refractivity (Wildman–Crippen MR) is 70.7 cm³/mol. The second-order valence-electron chi connectivity index (χ2n) is 4.96. The van der Waals surface area contributed by atoms with Crippen molar-refractivity contribution in [1.82, 2.24) is 4.90 Å². The van der Waals surface area contributed by atoms with E-state index in [4.69, 9.17) is 10.5 Å². The van der Waals surface area contributed by atoms with Crippen LogP contribution in [-0.2, 0) is 5.41 Å². The average Bonchev–Trinajstić information content (AvgIpc) is 2.33. The molecule has 4 nitrogen and oxygen atoms in total. The van der Waals surface area contributed by atoms with Gasteiger partial charge in [-0.1, -0.05) is 25.5 Å². The van der Waals surface area contributed by atoms with Gasteiger partial charge in [-0.2, -0.15) is 0 Å². The van der Waals surface area contributed by atoms with Gasteiger partial charge >= 0.3 is 6.03 Å². The highest BCUT2D eigenvalue weighted by Crippen LogP contribution is 2.39. The highest BCUT2D eigenvalue weighted by molar-refractivity contribution is 5.73. The number of carbonyl (C=O) groups excluding carboxylic acids is 1. The summed E-state index contributed by atoms with van der Waals surface area (Å²) >= 11 is 0. The lowest BCUT2D eigenvalue weighted by Gasteiger charge is -2.50. The predicted octanol–water partition coefficient (Wildman–Crippen LogP) is 2.13. The van der Waals surface area contributed by atoms with Gasteiger partial charge in [-0.25, -0.2) is 4.79 Å². The Balaban J connectivity index is 2.23. The number of nitrogens with two attached hydrogens (primary N) is 1. The maximum Gasteiger partial charge on any atom is 0.314 e. The molecule has 1 fully saturated rings. The van der Waals surface area contributed by atoms with E-state index in [9.17, 15) is 4.79 Å². The number of urea groups is 1. The normalized spacial score (nSPS) is 17.1. The van der Waals surface area contributed by atoms with Gasteiger partial charge in [0, 0.05) is 18.5 Å². The monoisotopic (exact) mass is 248 g/mol. The van der Waals surface area contributed by atoms with Crippen LogP contribution < -0.4 is 10.5 Å². The first-order valence-electron chi connectivity index (χ1n) is 6.30. The van der Waals surface area contributed by atoms with Crippen LogP contribution in [0.1, 0.15) is 25.3 Å². The van der Waals surface area contributed by atoms with Gasteiger partial charge in [0.1, 0.15) is 5.75 Å². The van der Waals surface area contributed by atoms with Crippen LogP contribution in [0.3, 0.4) is 0 Å². The molecular weight excluding hydrogens is 228 g/mol. The molecule has 0 aromatic heterocycles. The van der Waals surface area contributed by atoms with Crippen LogP contribution in [0.25, 0.3) is 0 Å². The minimum absolute atomic E-state index is 0.0539. The lowest BCUT2D eigenvalue weighted by molar-refractivity contribution is 0.0898. The highest BCUT2D eigenvalue weighted by atomic mass is 16.5. The number of primary amides is 1. The Labute approximate surface area is 108 Å². The second kappa shape index (κ2) is 4.88. The Hall–Kier alpha value is -1.71. The van der Waals surface area contributed by atoms with E-state index < -0.39 is 0 Å². The Bertz CT molecular complexity index is 439. The minimum Gasteiger partial charge on any atom is -0.497 e. The number of likely N-dealkylation sites (tertiary alicyclic amines) is 1. The summed E-state index contributed by atoms with van der Waals surface area (Å²) in [5.41, 5.74) is 6.60. The summed E-state index contributed by atoms with van der Waals surface area (Å²) in [6.07, 6.45) is 2.15. The Morgan fingerprint density at radius 1 is 1.50 bits per heavy atom. The molecule has 0 unspecified atom stereocenters. The molecule has 1 aliphatic heterocycles. The molecule has 0 bridgehead atoms. The lowest BCUT2D eigenvalue weighted by atomic mass is 9.70. The van der Waals surface area contributed by atoms with Crippen molar-refractivity contribution in [2.24, 2.45) is 5.73 Å². The van der Waals surface area contributed by atoms with E-state index >= 15 is 0 Å². The van der Waals surface area contributed by atoms with Crippen LogP contribution in [-0.4, -0.2) is 31.1 Å². The number of amides is 2. The molecular formula is C14H20N2O2. The molecule has 0 saturated carbocycles. The number of carbonyl (C=O) groups is 1. The van der Waals surface area contributed by atoms with Crippen LogP contribution in [0.5, 0.6) is 5.75 Å². The van der Waals surface area contributed by atoms with Crippen LogP contribution >= 0.6 is 0 Å². The number of rotatable bonds is 4. The summed E-state index contributed by atoms with van der Waals surface area (Å²) in [5, 5.41) is 0. The van der Waals surface area contributed by atoms with Gasteiger partial charge in [0.15, 0.2) is 0 Å². The van der Waals surface area contributed by atoms with E-state index in [1.807, 2.05) is 12.1 Å². The largest absolute Gasteiger partial charge is 0.497 e. The summed E-state index contributed by atoms with van der Waals surface area (Å²) in [7, 11) is 1.67. The molecule has 1 aliphatic rings. The molecule has 2 N–H and O–H groups in total. The van der Waals surface area contributed by atoms with Gasteiger partial charge in [0.25, 0.3) is 0 Å². The first kappa shape index (κ1) is 12.7. The molecule has 4 heteroatoms. The van der Waals surface area contributed by atoms with Crippen LogP contribution in [0, 0.1) is 0 Å². The number of ether oxygens (including phenoxy) is 1. The van der Waals surface area contributed by atoms with Crippen LogP contribution in [0.2, 0.25) is 0 Å². The second-order valence-corrected chi connectivity index (χ2v) is 4.96. The molecule has 0 aliphatic carbocycles. The molecule has 1 aromatic carbocycles. The van der Waals surface area contributed by atoms with E-state index in [1.165, 1.54) is 5.56 Å². The SMILES string of the molecule is CCCC1(c2cccc(OC)c2)CN(C(N)=O)C1. The third-order valence-corrected chi connectivity index (χ3v) is 3.71. The molecule has 0 atom stereocenters. The van der Waals surface area contributed by atoms with Crippen molar-refractivity contribution in [3.63, 3.8) is 0 Å². The minimum atomic E-state index is -0.329. The van der Waals surface area contributed by atoms with Crippen molar-refractivity contribution >= 4 is 6.03 Å². The summed E-state index contributed by atoms with van der Waals surface area (Å²) in [6, 6.07) is 7.78. The molecule has 0 radical (unpaired) electrons. The third-order valence-electron chi connectivity index (χ3n) is 3.71. The molecule has 2 amide bonds. The molecule has 18 heavy (non-hydrogen) atoms. The number of benzene rings is 1. The van der Waals surface area contributed by atoms with Crippen LogP contribution in [0.15, 0.2) is 24.3 Å². The average molecular weight is 248 g/mol. The fraction of sp³-hybridized carbons (Fsp3) is 0.500. The summed E-state index contributed by atoms with van der Waals surface area (Å²) < 4.78 is 5.27. The zero-order valence-corrected chi connectivity index (χ0v) is 11.0. The number of nitrogens with zero attached hydrogens (tertiary/aromatic N) is 1. The van der Waals surface area contributed by atoms with Crippen molar-refractivity contribution < 1.29 is 9.53 Å². The Morgan fingerprint density at radius 3 is 2.78 bits per heavy atom. The Kier molecular flexibility index (Phi) is 3.45. The topological polar surface area (TPSA) is 55.6 Å². The van der Waals surface area contributed by atoms with Gasteiger partial charge < -0.3 is 15.4 Å². The smallest absolute Gasteiger partial charge is 0.314 e. The van der Waals surface area contributed by atoms with Crippen molar-refractivity contribution in [2.45, 2.75) is 25.2 Å². The molecule has 1 aromatic rings. The first-order chi connectivity index (χ1) is 8.61. The van der Waals surface area contributed by atoms with E-state index in [-0.39, 0.29) is 11.4 Å².